The monoisotopic (exact) mass is 456 g/mol. The first-order valence-electron chi connectivity index (χ1n) is 10.7. The second kappa shape index (κ2) is 9.76. The number of methoxy groups -OCH3 is 2. The van der Waals surface area contributed by atoms with Gasteiger partial charge in [-0.05, 0) is 25.0 Å². The molecule has 0 radical (unpaired) electrons. The molecule has 10 nitrogen and oxygen atoms in total. The molecule has 0 aliphatic carbocycles. The highest BCUT2D eigenvalue weighted by atomic mass is 16.5. The van der Waals surface area contributed by atoms with Crippen molar-refractivity contribution >= 4 is 22.6 Å². The molecule has 176 valence electrons. The second-order valence-electron chi connectivity index (χ2n) is 7.57. The van der Waals surface area contributed by atoms with Crippen LogP contribution >= 0.6 is 0 Å². The van der Waals surface area contributed by atoms with Crippen molar-refractivity contribution in [2.45, 2.75) is 39.8 Å². The summed E-state index contributed by atoms with van der Waals surface area (Å²) in [6.07, 6.45) is 1.16. The number of carbonyl (C=O) groups is 1. The zero-order valence-electron chi connectivity index (χ0n) is 19.4. The highest BCUT2D eigenvalue weighted by Gasteiger charge is 2.23. The van der Waals surface area contributed by atoms with Crippen molar-refractivity contribution in [1.82, 2.24) is 13.7 Å². The Labute approximate surface area is 190 Å². The van der Waals surface area contributed by atoms with Crippen LogP contribution in [-0.2, 0) is 20.1 Å². The van der Waals surface area contributed by atoms with Crippen LogP contribution in [0.25, 0.3) is 11.0 Å². The third-order valence-corrected chi connectivity index (χ3v) is 5.37. The lowest BCUT2D eigenvalue weighted by Gasteiger charge is -2.17. The zero-order chi connectivity index (χ0) is 24.3. The fourth-order valence-electron chi connectivity index (χ4n) is 3.82. The van der Waals surface area contributed by atoms with E-state index < -0.39 is 22.7 Å². The third kappa shape index (κ3) is 4.28. The fraction of sp³-hybridized carbons (Fsp3) is 0.391. The molecular formula is C23H28N4O6. The summed E-state index contributed by atoms with van der Waals surface area (Å²) in [6.45, 7) is 4.22. The molecule has 1 N–H and O–H groups in total. The number of pyridine rings is 1. The number of hydrogen-bond acceptors (Lipinski definition) is 6. The topological polar surface area (TPSA) is 114 Å². The molecule has 0 spiro atoms. The number of carbonyl (C=O) groups excluding carboxylic acids is 1. The average Bonchev–Trinajstić information content (AvgIpc) is 2.81. The van der Waals surface area contributed by atoms with Gasteiger partial charge in [0.25, 0.3) is 17.0 Å². The van der Waals surface area contributed by atoms with Gasteiger partial charge in [-0.1, -0.05) is 13.8 Å². The third-order valence-electron chi connectivity index (χ3n) is 5.37. The van der Waals surface area contributed by atoms with Gasteiger partial charge >= 0.3 is 5.69 Å². The van der Waals surface area contributed by atoms with Crippen molar-refractivity contribution in [2.75, 3.05) is 19.5 Å². The lowest BCUT2D eigenvalue weighted by molar-refractivity contribution is 0.102. The van der Waals surface area contributed by atoms with Crippen molar-refractivity contribution in [3.05, 3.63) is 61.0 Å². The van der Waals surface area contributed by atoms with E-state index in [1.807, 2.05) is 13.8 Å². The molecule has 33 heavy (non-hydrogen) atoms. The predicted molar refractivity (Wildman–Crippen MR) is 126 cm³/mol. The van der Waals surface area contributed by atoms with E-state index in [9.17, 15) is 19.2 Å². The Kier molecular flexibility index (Phi) is 7.05. The molecule has 1 amide bonds. The number of aryl methyl sites for hydroxylation is 2. The highest BCUT2D eigenvalue weighted by Crippen LogP contribution is 2.29. The van der Waals surface area contributed by atoms with Crippen molar-refractivity contribution < 1.29 is 14.3 Å². The second-order valence-corrected chi connectivity index (χ2v) is 7.57. The minimum absolute atomic E-state index is 0.0172. The first-order chi connectivity index (χ1) is 15.8. The molecule has 3 aromatic rings. The van der Waals surface area contributed by atoms with Gasteiger partial charge in [0, 0.05) is 32.3 Å². The van der Waals surface area contributed by atoms with Crippen LogP contribution in [0.3, 0.4) is 0 Å². The van der Waals surface area contributed by atoms with E-state index in [4.69, 9.17) is 9.47 Å². The maximum absolute atomic E-state index is 13.4. The van der Waals surface area contributed by atoms with Crippen LogP contribution in [-0.4, -0.2) is 33.8 Å². The van der Waals surface area contributed by atoms with Gasteiger partial charge in [0.05, 0.1) is 30.9 Å². The zero-order valence-corrected chi connectivity index (χ0v) is 19.4. The van der Waals surface area contributed by atoms with E-state index in [1.54, 1.807) is 18.2 Å². The lowest BCUT2D eigenvalue weighted by Crippen LogP contribution is -2.42. The van der Waals surface area contributed by atoms with Crippen LogP contribution in [0.2, 0.25) is 0 Å². The van der Waals surface area contributed by atoms with Crippen LogP contribution in [0, 0.1) is 0 Å². The number of hydrogen-bond donors (Lipinski definition) is 1. The number of nitrogens with one attached hydrogen (secondary N) is 1. The van der Waals surface area contributed by atoms with Gasteiger partial charge in [-0.15, -0.1) is 0 Å². The molecular weight excluding hydrogens is 428 g/mol. The first kappa shape index (κ1) is 23.8. The van der Waals surface area contributed by atoms with Gasteiger partial charge in [-0.3, -0.25) is 28.1 Å². The molecule has 2 heterocycles. The number of ether oxygens (including phenoxy) is 2. The molecule has 0 atom stereocenters. The molecule has 1 aromatic carbocycles. The van der Waals surface area contributed by atoms with E-state index in [0.717, 1.165) is 10.6 Å². The minimum atomic E-state index is -0.664. The Bertz CT molecular complexity index is 1380. The summed E-state index contributed by atoms with van der Waals surface area (Å²) in [5.41, 5.74) is -1.25. The normalized spacial score (nSPS) is 10.9. The SMILES string of the molecule is CCCn1c(=O)c2c(C(=O)Nc3ccc(OC)cc3OC)cc(=O)n(CCC)c2n(C)c1=O. The number of aromatic nitrogens is 3. The molecule has 0 saturated carbocycles. The summed E-state index contributed by atoms with van der Waals surface area (Å²) < 4.78 is 14.2. The molecule has 2 aromatic heterocycles. The summed E-state index contributed by atoms with van der Waals surface area (Å²) in [4.78, 5) is 52.4. The number of anilines is 1. The van der Waals surface area contributed by atoms with Gasteiger partial charge in [0.2, 0.25) is 0 Å². The molecule has 0 bridgehead atoms. The van der Waals surface area contributed by atoms with Gasteiger partial charge < -0.3 is 14.8 Å². The smallest absolute Gasteiger partial charge is 0.332 e. The predicted octanol–water partition coefficient (Wildman–Crippen LogP) is 1.95. The quantitative estimate of drug-likeness (QED) is 0.554. The Morgan fingerprint density at radius 1 is 0.970 bits per heavy atom. The van der Waals surface area contributed by atoms with Crippen molar-refractivity contribution in [1.29, 1.82) is 0 Å². The van der Waals surface area contributed by atoms with Gasteiger partial charge in [0.1, 0.15) is 17.1 Å². The molecule has 3 rings (SSSR count). The molecule has 0 unspecified atom stereocenters. The molecule has 0 aliphatic rings. The number of benzene rings is 1. The van der Waals surface area contributed by atoms with Gasteiger partial charge in [-0.25, -0.2) is 4.79 Å². The number of rotatable bonds is 8. The molecule has 0 aliphatic heterocycles. The standard InChI is InChI=1S/C23H28N4O6/c1-6-10-26-18(28)13-15(19-21(26)25(3)23(31)27(11-7-2)22(19)30)20(29)24-16-9-8-14(32-4)12-17(16)33-5/h8-9,12-13H,6-7,10-11H2,1-5H3,(H,24,29). The Morgan fingerprint density at radius 3 is 2.24 bits per heavy atom. The van der Waals surface area contributed by atoms with E-state index >= 15 is 0 Å². The summed E-state index contributed by atoms with van der Waals surface area (Å²) in [5, 5.41) is 2.73. The summed E-state index contributed by atoms with van der Waals surface area (Å²) in [5.74, 6) is 0.222. The van der Waals surface area contributed by atoms with E-state index in [-0.39, 0.29) is 23.1 Å². The van der Waals surface area contributed by atoms with E-state index in [1.165, 1.54) is 30.4 Å². The molecule has 0 fully saturated rings. The van der Waals surface area contributed by atoms with Crippen LogP contribution in [0.1, 0.15) is 37.0 Å². The van der Waals surface area contributed by atoms with Crippen LogP contribution in [0.15, 0.2) is 38.6 Å². The minimum Gasteiger partial charge on any atom is -0.497 e. The highest BCUT2D eigenvalue weighted by molar-refractivity contribution is 6.12. The Morgan fingerprint density at radius 2 is 1.64 bits per heavy atom. The number of amides is 1. The maximum atomic E-state index is 13.4. The average molecular weight is 456 g/mol. The van der Waals surface area contributed by atoms with E-state index in [2.05, 4.69) is 5.32 Å². The van der Waals surface area contributed by atoms with Crippen molar-refractivity contribution in [3.8, 4) is 11.5 Å². The summed E-state index contributed by atoms with van der Waals surface area (Å²) in [7, 11) is 4.46. The summed E-state index contributed by atoms with van der Waals surface area (Å²) >= 11 is 0. The fourth-order valence-corrected chi connectivity index (χ4v) is 3.82. The summed E-state index contributed by atoms with van der Waals surface area (Å²) in [6, 6.07) is 5.99. The Balaban J connectivity index is 2.30. The number of fused-ring (bicyclic) bond motifs is 1. The van der Waals surface area contributed by atoms with Gasteiger partial charge in [0.15, 0.2) is 0 Å². The van der Waals surface area contributed by atoms with Crippen LogP contribution < -0.4 is 31.6 Å². The van der Waals surface area contributed by atoms with E-state index in [0.29, 0.717) is 36.6 Å². The largest absolute Gasteiger partial charge is 0.497 e. The van der Waals surface area contributed by atoms with Crippen LogP contribution in [0.4, 0.5) is 5.69 Å². The van der Waals surface area contributed by atoms with Gasteiger partial charge in [-0.2, -0.15) is 0 Å². The Hall–Kier alpha value is -3.82. The lowest BCUT2D eigenvalue weighted by atomic mass is 10.1. The van der Waals surface area contributed by atoms with Crippen molar-refractivity contribution in [3.63, 3.8) is 0 Å². The number of nitrogens with zero attached hydrogens (tertiary/aromatic N) is 3. The first-order valence-corrected chi connectivity index (χ1v) is 10.7. The molecule has 0 saturated heterocycles. The maximum Gasteiger partial charge on any atom is 0.332 e. The molecule has 10 heteroatoms. The van der Waals surface area contributed by atoms with Crippen LogP contribution in [0.5, 0.6) is 11.5 Å². The van der Waals surface area contributed by atoms with Crippen molar-refractivity contribution in [2.24, 2.45) is 7.05 Å².